The number of thiazole rings is 1. The molecule has 1 N–H and O–H groups in total. The number of rotatable bonds is 5. The maximum Gasteiger partial charge on any atom is 0.185 e. The molecule has 0 saturated carbocycles. The maximum absolute atomic E-state index is 4.92. The second-order valence-corrected chi connectivity index (χ2v) is 8.61. The Hall–Kier alpha value is -0.260. The van der Waals surface area contributed by atoms with Gasteiger partial charge in [0, 0.05) is 41.6 Å². The van der Waals surface area contributed by atoms with E-state index in [-0.39, 0.29) is 5.54 Å². The fourth-order valence-electron chi connectivity index (χ4n) is 2.18. The van der Waals surface area contributed by atoms with Gasteiger partial charge < -0.3 is 10.2 Å². The van der Waals surface area contributed by atoms with Gasteiger partial charge in [-0.3, -0.25) is 0 Å². The Bertz CT molecular complexity index is 417. The number of aryl methyl sites for hydroxylation is 1. The van der Waals surface area contributed by atoms with E-state index in [9.17, 15) is 0 Å². The molecule has 0 bridgehead atoms. The Balaban J connectivity index is 2.10. The molecule has 0 atom stereocenters. The molecule has 3 nitrogen and oxygen atoms in total. The quantitative estimate of drug-likeness (QED) is 0.900. The van der Waals surface area contributed by atoms with E-state index in [0.29, 0.717) is 0 Å². The fraction of sp³-hybridized carbons (Fsp3) is 0.800. The predicted molar refractivity (Wildman–Crippen MR) is 92.2 cm³/mol. The van der Waals surface area contributed by atoms with Crippen LogP contribution >= 0.6 is 23.1 Å². The van der Waals surface area contributed by atoms with Crippen molar-refractivity contribution in [1.29, 1.82) is 0 Å². The highest BCUT2D eigenvalue weighted by molar-refractivity contribution is 7.99. The zero-order chi connectivity index (χ0) is 14.6. The molecule has 0 aliphatic carbocycles. The topological polar surface area (TPSA) is 28.2 Å². The van der Waals surface area contributed by atoms with Crippen molar-refractivity contribution >= 4 is 28.2 Å². The highest BCUT2D eigenvalue weighted by atomic mass is 32.2. The normalized spacial score (nSPS) is 16.7. The van der Waals surface area contributed by atoms with Crippen LogP contribution in [0.15, 0.2) is 0 Å². The van der Waals surface area contributed by atoms with Crippen LogP contribution in [0.4, 0.5) is 5.13 Å². The molecular formula is C15H27N3S2. The van der Waals surface area contributed by atoms with Crippen LogP contribution in [0.3, 0.4) is 0 Å². The van der Waals surface area contributed by atoms with Crippen molar-refractivity contribution < 1.29 is 0 Å². The van der Waals surface area contributed by atoms with Gasteiger partial charge in [0.05, 0.1) is 5.69 Å². The predicted octanol–water partition coefficient (Wildman–Crippen LogP) is 3.54. The van der Waals surface area contributed by atoms with Crippen LogP contribution in [-0.2, 0) is 13.0 Å². The van der Waals surface area contributed by atoms with Gasteiger partial charge in [0.15, 0.2) is 5.13 Å². The minimum atomic E-state index is 0.162. The van der Waals surface area contributed by atoms with Gasteiger partial charge in [-0.25, -0.2) is 4.98 Å². The standard InChI is InChI=1S/C15H27N3S2/c1-5-6-12-13(11-16-15(2,3)4)20-14(17-12)18-7-9-19-10-8-18/h16H,5-11H2,1-4H3. The summed E-state index contributed by atoms with van der Waals surface area (Å²) < 4.78 is 0. The van der Waals surface area contributed by atoms with Crippen molar-refractivity contribution in [2.24, 2.45) is 0 Å². The minimum absolute atomic E-state index is 0.162. The van der Waals surface area contributed by atoms with Crippen molar-refractivity contribution in [1.82, 2.24) is 10.3 Å². The van der Waals surface area contributed by atoms with Gasteiger partial charge in [0.2, 0.25) is 0 Å². The lowest BCUT2D eigenvalue weighted by molar-refractivity contribution is 0.425. The van der Waals surface area contributed by atoms with Gasteiger partial charge in [-0.05, 0) is 27.2 Å². The smallest absolute Gasteiger partial charge is 0.185 e. The Kier molecular flexibility index (Phi) is 5.75. The van der Waals surface area contributed by atoms with Crippen molar-refractivity contribution in [2.75, 3.05) is 29.5 Å². The van der Waals surface area contributed by atoms with E-state index < -0.39 is 0 Å². The average molecular weight is 314 g/mol. The van der Waals surface area contributed by atoms with Crippen molar-refractivity contribution in [2.45, 2.75) is 52.6 Å². The molecule has 0 radical (unpaired) electrons. The van der Waals surface area contributed by atoms with Crippen molar-refractivity contribution in [3.8, 4) is 0 Å². The van der Waals surface area contributed by atoms with Gasteiger partial charge in [-0.15, -0.1) is 11.3 Å². The van der Waals surface area contributed by atoms with Gasteiger partial charge in [-0.1, -0.05) is 13.3 Å². The van der Waals surface area contributed by atoms with E-state index in [0.717, 1.165) is 26.1 Å². The lowest BCUT2D eigenvalue weighted by Gasteiger charge is -2.25. The lowest BCUT2D eigenvalue weighted by Crippen LogP contribution is -2.35. The summed E-state index contributed by atoms with van der Waals surface area (Å²) in [6, 6.07) is 0. The lowest BCUT2D eigenvalue weighted by atomic mass is 10.1. The third-order valence-corrected chi connectivity index (χ3v) is 5.42. The summed E-state index contributed by atoms with van der Waals surface area (Å²) in [5, 5.41) is 4.84. The van der Waals surface area contributed by atoms with Crippen molar-refractivity contribution in [3.05, 3.63) is 10.6 Å². The van der Waals surface area contributed by atoms with Crippen LogP contribution in [-0.4, -0.2) is 35.1 Å². The molecule has 2 heterocycles. The molecule has 2 rings (SSSR count). The Morgan fingerprint density at radius 2 is 1.95 bits per heavy atom. The fourth-order valence-corrected chi connectivity index (χ4v) is 4.18. The van der Waals surface area contributed by atoms with Crippen LogP contribution in [0.2, 0.25) is 0 Å². The number of anilines is 1. The highest BCUT2D eigenvalue weighted by Crippen LogP contribution is 2.29. The molecule has 20 heavy (non-hydrogen) atoms. The monoisotopic (exact) mass is 313 g/mol. The Morgan fingerprint density at radius 3 is 2.55 bits per heavy atom. The van der Waals surface area contributed by atoms with Gasteiger partial charge in [0.1, 0.15) is 0 Å². The van der Waals surface area contributed by atoms with Crippen LogP contribution < -0.4 is 10.2 Å². The summed E-state index contributed by atoms with van der Waals surface area (Å²) in [5.74, 6) is 2.47. The van der Waals surface area contributed by atoms with Gasteiger partial charge >= 0.3 is 0 Å². The van der Waals surface area contributed by atoms with E-state index in [2.05, 4.69) is 49.7 Å². The number of hydrogen-bond donors (Lipinski definition) is 1. The number of nitrogens with one attached hydrogen (secondary N) is 1. The molecule has 0 spiro atoms. The summed E-state index contributed by atoms with van der Waals surface area (Å²) in [4.78, 5) is 8.80. The molecule has 0 aromatic carbocycles. The summed E-state index contributed by atoms with van der Waals surface area (Å²) >= 11 is 3.94. The molecule has 1 saturated heterocycles. The first-order chi connectivity index (χ1) is 9.49. The summed E-state index contributed by atoms with van der Waals surface area (Å²) in [6.45, 7) is 12.1. The number of aromatic nitrogens is 1. The SMILES string of the molecule is CCCc1nc(N2CCSCC2)sc1CNC(C)(C)C. The van der Waals surface area contributed by atoms with Crippen LogP contribution in [0.1, 0.15) is 44.7 Å². The zero-order valence-corrected chi connectivity index (χ0v) is 14.8. The van der Waals surface area contributed by atoms with E-state index in [1.807, 2.05) is 11.3 Å². The second kappa shape index (κ2) is 7.14. The molecule has 1 aliphatic heterocycles. The maximum atomic E-state index is 4.92. The average Bonchev–Trinajstić information content (AvgIpc) is 2.80. The molecular weight excluding hydrogens is 286 g/mol. The summed E-state index contributed by atoms with van der Waals surface area (Å²) in [7, 11) is 0. The largest absolute Gasteiger partial charge is 0.346 e. The van der Waals surface area contributed by atoms with E-state index >= 15 is 0 Å². The zero-order valence-electron chi connectivity index (χ0n) is 13.2. The Morgan fingerprint density at radius 1 is 1.25 bits per heavy atom. The highest BCUT2D eigenvalue weighted by Gasteiger charge is 2.19. The third kappa shape index (κ3) is 4.64. The van der Waals surface area contributed by atoms with E-state index in [1.54, 1.807) is 0 Å². The first-order valence-electron chi connectivity index (χ1n) is 7.56. The van der Waals surface area contributed by atoms with Crippen LogP contribution in [0.25, 0.3) is 0 Å². The van der Waals surface area contributed by atoms with E-state index in [4.69, 9.17) is 4.98 Å². The summed E-state index contributed by atoms with van der Waals surface area (Å²) in [6.07, 6.45) is 2.27. The molecule has 0 amide bonds. The number of thioether (sulfide) groups is 1. The molecule has 1 fully saturated rings. The Labute approximate surface area is 131 Å². The number of hydrogen-bond acceptors (Lipinski definition) is 5. The van der Waals surface area contributed by atoms with Crippen molar-refractivity contribution in [3.63, 3.8) is 0 Å². The van der Waals surface area contributed by atoms with Gasteiger partial charge in [-0.2, -0.15) is 11.8 Å². The molecule has 114 valence electrons. The second-order valence-electron chi connectivity index (χ2n) is 6.32. The van der Waals surface area contributed by atoms with Crippen LogP contribution in [0, 0.1) is 0 Å². The molecule has 1 aromatic heterocycles. The molecule has 0 unspecified atom stereocenters. The minimum Gasteiger partial charge on any atom is -0.346 e. The molecule has 1 aromatic rings. The third-order valence-electron chi connectivity index (χ3n) is 3.31. The van der Waals surface area contributed by atoms with Crippen LogP contribution in [0.5, 0.6) is 0 Å². The summed E-state index contributed by atoms with van der Waals surface area (Å²) in [5.41, 5.74) is 1.47. The molecule has 5 heteroatoms. The first kappa shape index (κ1) is 16.1. The van der Waals surface area contributed by atoms with Gasteiger partial charge in [0.25, 0.3) is 0 Å². The number of nitrogens with zero attached hydrogens (tertiary/aromatic N) is 2. The first-order valence-corrected chi connectivity index (χ1v) is 9.53. The molecule has 1 aliphatic rings. The van der Waals surface area contributed by atoms with E-state index in [1.165, 1.54) is 33.6 Å².